The maximum absolute atomic E-state index is 11.4. The summed E-state index contributed by atoms with van der Waals surface area (Å²) in [5, 5.41) is 0. The second kappa shape index (κ2) is 6.53. The number of likely N-dealkylation sites (tertiary alicyclic amines) is 2. The van der Waals surface area contributed by atoms with E-state index in [1.165, 1.54) is 45.3 Å². The van der Waals surface area contributed by atoms with Crippen molar-refractivity contribution in [1.82, 2.24) is 9.80 Å². The molecule has 0 aromatic carbocycles. The highest BCUT2D eigenvalue weighted by molar-refractivity contribution is 5.79. The molecule has 2 aliphatic heterocycles. The number of rotatable bonds is 5. The second-order valence-corrected chi connectivity index (χ2v) is 5.84. The molecule has 4 heteroatoms. The van der Waals surface area contributed by atoms with E-state index in [4.69, 9.17) is 5.73 Å². The average molecular weight is 253 g/mol. The first-order chi connectivity index (χ1) is 8.70. The van der Waals surface area contributed by atoms with Gasteiger partial charge in [-0.2, -0.15) is 0 Å². The van der Waals surface area contributed by atoms with E-state index in [1.807, 2.05) is 6.92 Å². The highest BCUT2D eigenvalue weighted by Gasteiger charge is 2.31. The number of hydrogen-bond donors (Lipinski definition) is 1. The van der Waals surface area contributed by atoms with Gasteiger partial charge in [0.2, 0.25) is 5.91 Å². The largest absolute Gasteiger partial charge is 0.368 e. The third-order valence-corrected chi connectivity index (χ3v) is 4.44. The fourth-order valence-corrected chi connectivity index (χ4v) is 3.44. The van der Waals surface area contributed by atoms with Gasteiger partial charge in [0.1, 0.15) is 0 Å². The third kappa shape index (κ3) is 3.45. The molecule has 2 N–H and O–H groups in total. The molecular weight excluding hydrogens is 226 g/mol. The van der Waals surface area contributed by atoms with Crippen LogP contribution in [0, 0.1) is 5.92 Å². The maximum Gasteiger partial charge on any atom is 0.234 e. The molecule has 0 aliphatic carbocycles. The lowest BCUT2D eigenvalue weighted by Crippen LogP contribution is -2.43. The number of nitrogens with two attached hydrogens (primary N) is 1. The van der Waals surface area contributed by atoms with E-state index < -0.39 is 0 Å². The fraction of sp³-hybridized carbons (Fsp3) is 0.929. The monoisotopic (exact) mass is 253 g/mol. The van der Waals surface area contributed by atoms with Gasteiger partial charge in [0, 0.05) is 13.1 Å². The Hall–Kier alpha value is -0.610. The molecule has 2 atom stereocenters. The number of amides is 1. The Morgan fingerprint density at radius 2 is 2.00 bits per heavy atom. The van der Waals surface area contributed by atoms with E-state index in [2.05, 4.69) is 9.80 Å². The van der Waals surface area contributed by atoms with Crippen molar-refractivity contribution in [3.8, 4) is 0 Å². The summed E-state index contributed by atoms with van der Waals surface area (Å²) in [4.78, 5) is 16.3. The van der Waals surface area contributed by atoms with Crippen LogP contribution in [0.15, 0.2) is 0 Å². The first-order valence-corrected chi connectivity index (χ1v) is 7.46. The van der Waals surface area contributed by atoms with Gasteiger partial charge in [0.25, 0.3) is 0 Å². The summed E-state index contributed by atoms with van der Waals surface area (Å²) in [6.07, 6.45) is 6.17. The zero-order chi connectivity index (χ0) is 13.0. The van der Waals surface area contributed by atoms with Crippen LogP contribution < -0.4 is 5.73 Å². The molecule has 2 rings (SSSR count). The summed E-state index contributed by atoms with van der Waals surface area (Å²) in [5.74, 6) is 0.577. The minimum absolute atomic E-state index is 0.0450. The molecule has 0 aromatic rings. The van der Waals surface area contributed by atoms with Crippen molar-refractivity contribution in [3.05, 3.63) is 0 Å². The standard InChI is InChI=1S/C14H27N3O/c1-2-13(14(15)18)17-9-6-12(11-17)10-16-7-4-3-5-8-16/h12-13H,2-11H2,1H3,(H2,15,18)/t12-,13+/m0/s1. The molecule has 2 aliphatic rings. The van der Waals surface area contributed by atoms with Crippen molar-refractivity contribution in [2.45, 2.75) is 45.1 Å². The number of primary amides is 1. The van der Waals surface area contributed by atoms with Gasteiger partial charge in [-0.25, -0.2) is 0 Å². The minimum Gasteiger partial charge on any atom is -0.368 e. The van der Waals surface area contributed by atoms with E-state index >= 15 is 0 Å². The first kappa shape index (κ1) is 13.8. The number of nitrogens with zero attached hydrogens (tertiary/aromatic N) is 2. The predicted octanol–water partition coefficient (Wildman–Crippen LogP) is 1.06. The van der Waals surface area contributed by atoms with Gasteiger partial charge in [-0.15, -0.1) is 0 Å². The molecule has 0 radical (unpaired) electrons. The van der Waals surface area contributed by atoms with E-state index in [9.17, 15) is 4.79 Å². The molecule has 2 fully saturated rings. The highest BCUT2D eigenvalue weighted by atomic mass is 16.1. The van der Waals surface area contributed by atoms with Crippen LogP contribution in [-0.4, -0.2) is 54.5 Å². The van der Waals surface area contributed by atoms with Crippen molar-refractivity contribution in [2.75, 3.05) is 32.7 Å². The summed E-state index contributed by atoms with van der Waals surface area (Å²) in [6, 6.07) is -0.0450. The summed E-state index contributed by atoms with van der Waals surface area (Å²) in [6.45, 7) is 7.89. The number of piperidine rings is 1. The molecule has 0 bridgehead atoms. The Morgan fingerprint density at radius 3 is 2.61 bits per heavy atom. The molecule has 104 valence electrons. The summed E-state index contributed by atoms with van der Waals surface area (Å²) < 4.78 is 0. The first-order valence-electron chi connectivity index (χ1n) is 7.46. The molecule has 0 aromatic heterocycles. The van der Waals surface area contributed by atoms with Crippen molar-refractivity contribution in [1.29, 1.82) is 0 Å². The molecule has 0 unspecified atom stereocenters. The molecular formula is C14H27N3O. The lowest BCUT2D eigenvalue weighted by atomic mass is 10.1. The average Bonchev–Trinajstić information content (AvgIpc) is 2.79. The fourth-order valence-electron chi connectivity index (χ4n) is 3.44. The van der Waals surface area contributed by atoms with Crippen molar-refractivity contribution < 1.29 is 4.79 Å². The Labute approximate surface area is 110 Å². The lowest BCUT2D eigenvalue weighted by molar-refractivity contribution is -0.123. The molecule has 4 nitrogen and oxygen atoms in total. The van der Waals surface area contributed by atoms with Gasteiger partial charge in [-0.3, -0.25) is 9.69 Å². The maximum atomic E-state index is 11.4. The van der Waals surface area contributed by atoms with Crippen LogP contribution in [0.25, 0.3) is 0 Å². The lowest BCUT2D eigenvalue weighted by Gasteiger charge is -2.29. The highest BCUT2D eigenvalue weighted by Crippen LogP contribution is 2.22. The van der Waals surface area contributed by atoms with Crippen LogP contribution >= 0.6 is 0 Å². The summed E-state index contributed by atoms with van der Waals surface area (Å²) in [5.41, 5.74) is 5.47. The van der Waals surface area contributed by atoms with Gasteiger partial charge in [-0.05, 0) is 51.2 Å². The molecule has 18 heavy (non-hydrogen) atoms. The number of carbonyl (C=O) groups excluding carboxylic acids is 1. The van der Waals surface area contributed by atoms with Crippen molar-refractivity contribution in [3.63, 3.8) is 0 Å². The Balaban J connectivity index is 1.78. The van der Waals surface area contributed by atoms with Crippen molar-refractivity contribution >= 4 is 5.91 Å². The van der Waals surface area contributed by atoms with Gasteiger partial charge >= 0.3 is 0 Å². The number of hydrogen-bond acceptors (Lipinski definition) is 3. The zero-order valence-electron chi connectivity index (χ0n) is 11.6. The van der Waals surface area contributed by atoms with Gasteiger partial charge < -0.3 is 10.6 Å². The number of carbonyl (C=O) groups is 1. The topological polar surface area (TPSA) is 49.6 Å². The van der Waals surface area contributed by atoms with E-state index in [0.717, 1.165) is 25.4 Å². The molecule has 2 saturated heterocycles. The van der Waals surface area contributed by atoms with Gasteiger partial charge in [0.15, 0.2) is 0 Å². The van der Waals surface area contributed by atoms with Crippen LogP contribution in [-0.2, 0) is 4.79 Å². The van der Waals surface area contributed by atoms with Crippen LogP contribution in [0.2, 0.25) is 0 Å². The Bertz CT molecular complexity index is 276. The van der Waals surface area contributed by atoms with Crippen LogP contribution in [0.3, 0.4) is 0 Å². The van der Waals surface area contributed by atoms with Crippen LogP contribution in [0.4, 0.5) is 0 Å². The molecule has 0 spiro atoms. The second-order valence-electron chi connectivity index (χ2n) is 5.84. The molecule has 2 heterocycles. The SMILES string of the molecule is CC[C@H](C(N)=O)N1CC[C@@H](CN2CCCCC2)C1. The Kier molecular flexibility index (Phi) is 5.01. The molecule has 0 saturated carbocycles. The van der Waals surface area contributed by atoms with Gasteiger partial charge in [0.05, 0.1) is 6.04 Å². The van der Waals surface area contributed by atoms with E-state index in [-0.39, 0.29) is 11.9 Å². The van der Waals surface area contributed by atoms with Gasteiger partial charge in [-0.1, -0.05) is 13.3 Å². The van der Waals surface area contributed by atoms with Crippen LogP contribution in [0.1, 0.15) is 39.0 Å². The zero-order valence-corrected chi connectivity index (χ0v) is 11.6. The smallest absolute Gasteiger partial charge is 0.234 e. The quantitative estimate of drug-likeness (QED) is 0.797. The Morgan fingerprint density at radius 1 is 1.28 bits per heavy atom. The molecule has 1 amide bonds. The summed E-state index contributed by atoms with van der Waals surface area (Å²) in [7, 11) is 0. The van der Waals surface area contributed by atoms with E-state index in [1.54, 1.807) is 0 Å². The van der Waals surface area contributed by atoms with Crippen LogP contribution in [0.5, 0.6) is 0 Å². The minimum atomic E-state index is -0.156. The summed E-state index contributed by atoms with van der Waals surface area (Å²) >= 11 is 0. The predicted molar refractivity (Wildman–Crippen MR) is 73.2 cm³/mol. The normalized spacial score (nSPS) is 28.4. The third-order valence-electron chi connectivity index (χ3n) is 4.44. The van der Waals surface area contributed by atoms with E-state index in [0.29, 0.717) is 0 Å². The van der Waals surface area contributed by atoms with Crippen molar-refractivity contribution in [2.24, 2.45) is 11.7 Å².